The quantitative estimate of drug-likeness (QED) is 0.678. The highest BCUT2D eigenvalue weighted by atomic mass is 14.5. The van der Waals surface area contributed by atoms with Gasteiger partial charge < -0.3 is 0 Å². The van der Waals surface area contributed by atoms with Crippen molar-refractivity contribution in [1.29, 1.82) is 0 Å². The summed E-state index contributed by atoms with van der Waals surface area (Å²) in [5, 5.41) is 0. The van der Waals surface area contributed by atoms with E-state index < -0.39 is 0 Å². The van der Waals surface area contributed by atoms with E-state index in [2.05, 4.69) is 74.5 Å². The van der Waals surface area contributed by atoms with Crippen molar-refractivity contribution in [1.82, 2.24) is 0 Å². The van der Waals surface area contributed by atoms with Crippen LogP contribution in [0.3, 0.4) is 0 Å². The first kappa shape index (κ1) is 12.2. The summed E-state index contributed by atoms with van der Waals surface area (Å²) in [7, 11) is 0. The molecule has 0 bridgehead atoms. The van der Waals surface area contributed by atoms with Crippen molar-refractivity contribution in [2.24, 2.45) is 5.41 Å². The van der Waals surface area contributed by atoms with E-state index in [1.807, 2.05) is 0 Å². The third-order valence-corrected chi connectivity index (χ3v) is 4.48. The Balaban J connectivity index is 2.10. The van der Waals surface area contributed by atoms with E-state index in [1.165, 1.54) is 24.0 Å². The zero-order valence-corrected chi connectivity index (χ0v) is 11.7. The number of hydrogen-bond donors (Lipinski definition) is 0. The van der Waals surface area contributed by atoms with E-state index in [-0.39, 0.29) is 0 Å². The maximum atomic E-state index is 2.31. The zero-order valence-electron chi connectivity index (χ0n) is 11.7. The highest BCUT2D eigenvalue weighted by Gasteiger charge is 2.50. The van der Waals surface area contributed by atoms with Gasteiger partial charge in [-0.2, -0.15) is 0 Å². The van der Waals surface area contributed by atoms with Crippen LogP contribution in [-0.4, -0.2) is 0 Å². The molecule has 0 heteroatoms. The Kier molecular flexibility index (Phi) is 3.02. The first-order valence-corrected chi connectivity index (χ1v) is 7.19. The fraction of sp³-hybridized carbons (Fsp3) is 0.263. The van der Waals surface area contributed by atoms with Gasteiger partial charge in [-0.25, -0.2) is 0 Å². The van der Waals surface area contributed by atoms with Crippen LogP contribution in [0.15, 0.2) is 60.7 Å². The monoisotopic (exact) mass is 248 g/mol. The molecule has 0 N–H and O–H groups in total. The van der Waals surface area contributed by atoms with Crippen molar-refractivity contribution < 1.29 is 0 Å². The van der Waals surface area contributed by atoms with Crippen LogP contribution in [0, 0.1) is 5.41 Å². The minimum Gasteiger partial charge on any atom is -0.0642 e. The summed E-state index contributed by atoms with van der Waals surface area (Å²) in [6.45, 7) is 4.62. The number of rotatable bonds is 4. The van der Waals surface area contributed by atoms with Gasteiger partial charge in [0.25, 0.3) is 0 Å². The molecule has 3 rings (SSSR count). The molecular weight excluding hydrogens is 228 g/mol. The Labute approximate surface area is 115 Å². The second-order valence-corrected chi connectivity index (χ2v) is 5.27. The van der Waals surface area contributed by atoms with Gasteiger partial charge in [0.2, 0.25) is 0 Å². The largest absolute Gasteiger partial charge is 0.0642 e. The third kappa shape index (κ3) is 1.83. The lowest BCUT2D eigenvalue weighted by Crippen LogP contribution is -2.03. The molecule has 1 aliphatic rings. The predicted molar refractivity (Wildman–Crippen MR) is 82.7 cm³/mol. The van der Waals surface area contributed by atoms with Gasteiger partial charge in [-0.05, 0) is 35.1 Å². The highest BCUT2D eigenvalue weighted by molar-refractivity contribution is 6.14. The summed E-state index contributed by atoms with van der Waals surface area (Å²) in [6.07, 6.45) is 2.38. The topological polar surface area (TPSA) is 0 Å². The summed E-state index contributed by atoms with van der Waals surface area (Å²) in [4.78, 5) is 0. The molecule has 1 aliphatic carbocycles. The molecule has 0 atom stereocenters. The average Bonchev–Trinajstić information content (AvgIpc) is 3.18. The van der Waals surface area contributed by atoms with Crippen molar-refractivity contribution in [2.75, 3.05) is 0 Å². The van der Waals surface area contributed by atoms with Gasteiger partial charge in [0.15, 0.2) is 0 Å². The summed E-state index contributed by atoms with van der Waals surface area (Å²) >= 11 is 0. The van der Waals surface area contributed by atoms with E-state index in [0.717, 1.165) is 0 Å². The normalized spacial score (nSPS) is 16.5. The van der Waals surface area contributed by atoms with Gasteiger partial charge in [0.05, 0.1) is 0 Å². The molecule has 0 saturated heterocycles. The van der Waals surface area contributed by atoms with E-state index in [4.69, 9.17) is 0 Å². The van der Waals surface area contributed by atoms with Gasteiger partial charge in [-0.3, -0.25) is 0 Å². The van der Waals surface area contributed by atoms with Crippen LogP contribution in [-0.2, 0) is 0 Å². The maximum Gasteiger partial charge on any atom is 0.0216 e. The summed E-state index contributed by atoms with van der Waals surface area (Å²) < 4.78 is 0. The van der Waals surface area contributed by atoms with Gasteiger partial charge in [-0.1, -0.05) is 74.5 Å². The van der Waals surface area contributed by atoms with Gasteiger partial charge >= 0.3 is 0 Å². The smallest absolute Gasteiger partial charge is 0.0216 e. The van der Waals surface area contributed by atoms with Crippen LogP contribution in [0.25, 0.3) is 11.1 Å². The fourth-order valence-electron chi connectivity index (χ4n) is 3.37. The zero-order chi connectivity index (χ0) is 13.3. The summed E-state index contributed by atoms with van der Waals surface area (Å²) in [5.74, 6) is 0. The van der Waals surface area contributed by atoms with Crippen LogP contribution >= 0.6 is 0 Å². The predicted octanol–water partition coefficient (Wildman–Crippen LogP) is 5.42. The first-order valence-electron chi connectivity index (χ1n) is 7.19. The second-order valence-electron chi connectivity index (χ2n) is 5.27. The first-order chi connectivity index (χ1) is 9.33. The lowest BCUT2D eigenvalue weighted by Gasteiger charge is -2.16. The Hall–Kier alpha value is -1.82. The molecule has 0 amide bonds. The van der Waals surface area contributed by atoms with Crippen molar-refractivity contribution in [3.63, 3.8) is 0 Å². The van der Waals surface area contributed by atoms with Crippen LogP contribution in [0.1, 0.15) is 37.8 Å². The lowest BCUT2D eigenvalue weighted by atomic mass is 9.87. The molecule has 96 valence electrons. The molecular formula is C19H20. The molecule has 0 nitrogen and oxygen atoms in total. The number of hydrogen-bond acceptors (Lipinski definition) is 0. The summed E-state index contributed by atoms with van der Waals surface area (Å²) in [5.41, 5.74) is 6.21. The highest BCUT2D eigenvalue weighted by Crippen LogP contribution is 2.67. The molecule has 0 saturated carbocycles. The Morgan fingerprint density at radius 3 is 1.32 bits per heavy atom. The van der Waals surface area contributed by atoms with Crippen LogP contribution in [0.5, 0.6) is 0 Å². The molecule has 2 aromatic carbocycles. The molecule has 0 unspecified atom stereocenters. The Morgan fingerprint density at radius 1 is 0.632 bits per heavy atom. The molecule has 0 heterocycles. The number of benzene rings is 2. The molecule has 0 fully saturated rings. The van der Waals surface area contributed by atoms with E-state index >= 15 is 0 Å². The molecule has 0 spiro atoms. The molecule has 0 radical (unpaired) electrons. The van der Waals surface area contributed by atoms with E-state index in [1.54, 1.807) is 11.1 Å². The fourth-order valence-corrected chi connectivity index (χ4v) is 3.37. The molecule has 0 aliphatic heterocycles. The van der Waals surface area contributed by atoms with Crippen molar-refractivity contribution >= 4 is 11.1 Å². The standard InChI is InChI=1S/C19H20/c1-3-19(4-2)17(15-11-7-5-8-12-15)18(19)16-13-9-6-10-14-16/h5-14H,3-4H2,1-2H3. The van der Waals surface area contributed by atoms with Gasteiger partial charge in [-0.15, -0.1) is 0 Å². The minimum absolute atomic E-state index is 0.308. The van der Waals surface area contributed by atoms with Crippen LogP contribution in [0.4, 0.5) is 0 Å². The van der Waals surface area contributed by atoms with Crippen molar-refractivity contribution in [2.45, 2.75) is 26.7 Å². The number of allylic oxidation sites excluding steroid dienone is 2. The van der Waals surface area contributed by atoms with Gasteiger partial charge in [0.1, 0.15) is 0 Å². The molecule has 19 heavy (non-hydrogen) atoms. The molecule has 0 aromatic heterocycles. The molecule has 2 aromatic rings. The second kappa shape index (κ2) is 4.70. The Bertz CT molecular complexity index is 535. The van der Waals surface area contributed by atoms with Gasteiger partial charge in [0, 0.05) is 5.41 Å². The van der Waals surface area contributed by atoms with E-state index in [0.29, 0.717) is 5.41 Å². The SMILES string of the molecule is CCC1(CC)C(c2ccccc2)=C1c1ccccc1. The lowest BCUT2D eigenvalue weighted by molar-refractivity contribution is 0.552. The maximum absolute atomic E-state index is 2.31. The van der Waals surface area contributed by atoms with Crippen LogP contribution < -0.4 is 0 Å². The average molecular weight is 248 g/mol. The van der Waals surface area contributed by atoms with E-state index in [9.17, 15) is 0 Å². The summed E-state index contributed by atoms with van der Waals surface area (Å²) in [6, 6.07) is 21.7. The minimum atomic E-state index is 0.308. The van der Waals surface area contributed by atoms with Crippen molar-refractivity contribution in [3.8, 4) is 0 Å². The van der Waals surface area contributed by atoms with Crippen molar-refractivity contribution in [3.05, 3.63) is 71.8 Å². The Morgan fingerprint density at radius 2 is 1.00 bits per heavy atom. The third-order valence-electron chi connectivity index (χ3n) is 4.48. The van der Waals surface area contributed by atoms with Crippen LogP contribution in [0.2, 0.25) is 0 Å².